The zero-order valence-electron chi connectivity index (χ0n) is 61.4. The second kappa shape index (κ2) is 28.6. The van der Waals surface area contributed by atoms with Crippen molar-refractivity contribution in [3.8, 4) is 134 Å². The van der Waals surface area contributed by atoms with E-state index in [1.807, 2.05) is 36.4 Å². The first-order chi connectivity index (χ1) is 55.5. The lowest BCUT2D eigenvalue weighted by molar-refractivity contribution is -0.138. The number of fused-ring (bicyclic) bond motifs is 5. The predicted octanol–water partition coefficient (Wildman–Crippen LogP) is 28.7. The van der Waals surface area contributed by atoms with Crippen molar-refractivity contribution in [3.63, 3.8) is 0 Å². The van der Waals surface area contributed by atoms with Gasteiger partial charge >= 0.3 is 0 Å². The molecule has 2 atom stereocenters. The Morgan fingerprint density at radius 3 is 0.634 bits per heavy atom. The minimum Gasteiger partial charge on any atom is -0.290 e. The Morgan fingerprint density at radius 1 is 0.152 bits per heavy atom. The fraction of sp³-hybridized carbons (Fsp3) is 0.0182. The van der Waals surface area contributed by atoms with E-state index in [2.05, 4.69) is 388 Å². The molecular formula is C110H72O2. The number of rotatable bonds is 12. The highest BCUT2D eigenvalue weighted by molar-refractivity contribution is 6.46. The molecule has 0 saturated heterocycles. The highest BCUT2D eigenvalue weighted by Crippen LogP contribution is 2.60. The Kier molecular flexibility index (Phi) is 17.1. The summed E-state index contributed by atoms with van der Waals surface area (Å²) in [6.45, 7) is 0. The number of carbonyl (C=O) groups excluding carboxylic acids is 2. The van der Waals surface area contributed by atoms with Crippen molar-refractivity contribution < 1.29 is 9.59 Å². The Bertz CT molecular complexity index is 6440. The van der Waals surface area contributed by atoms with Gasteiger partial charge in [0.25, 0.3) is 0 Å². The molecule has 0 heterocycles. The van der Waals surface area contributed by atoms with Crippen LogP contribution in [0.25, 0.3) is 177 Å². The van der Waals surface area contributed by atoms with Crippen LogP contribution in [0.1, 0.15) is 34.1 Å². The maximum absolute atomic E-state index is 14.6. The molecule has 112 heavy (non-hydrogen) atoms. The molecule has 0 aromatic heterocycles. The highest BCUT2D eigenvalue weighted by atomic mass is 16.2. The summed E-state index contributed by atoms with van der Waals surface area (Å²) in [6.07, 6.45) is 0. The molecule has 2 bridgehead atoms. The van der Waals surface area contributed by atoms with Crippen molar-refractivity contribution in [3.05, 3.63) is 447 Å². The van der Waals surface area contributed by atoms with Crippen molar-refractivity contribution in [2.24, 2.45) is 0 Å². The zero-order chi connectivity index (χ0) is 74.6. The number of ketones is 2. The number of carbonyl (C=O) groups is 2. The first-order valence-electron chi connectivity index (χ1n) is 38.6. The van der Waals surface area contributed by atoms with Gasteiger partial charge in [0.1, 0.15) is 0 Å². The van der Waals surface area contributed by atoms with Crippen LogP contribution in [0.3, 0.4) is 0 Å². The monoisotopic (exact) mass is 1420 g/mol. The van der Waals surface area contributed by atoms with Gasteiger partial charge in [0, 0.05) is 0 Å². The zero-order valence-corrected chi connectivity index (χ0v) is 61.4. The molecule has 0 amide bonds. The molecule has 524 valence electrons. The summed E-state index contributed by atoms with van der Waals surface area (Å²) in [5.74, 6) is -2.13. The molecule has 0 radical (unpaired) electrons. The summed E-state index contributed by atoms with van der Waals surface area (Å²) in [5, 5.41) is 9.55. The Hall–Kier alpha value is -14.4. The Labute approximate surface area is 652 Å². The van der Waals surface area contributed by atoms with Gasteiger partial charge in [-0.2, -0.15) is 0 Å². The molecule has 0 saturated carbocycles. The first-order valence-corrected chi connectivity index (χ1v) is 38.6. The van der Waals surface area contributed by atoms with Gasteiger partial charge in [0.15, 0.2) is 0 Å². The van der Waals surface area contributed by atoms with Gasteiger partial charge in [-0.3, -0.25) is 9.59 Å². The van der Waals surface area contributed by atoms with Crippen molar-refractivity contribution in [2.45, 2.75) is 11.8 Å². The number of hydrogen-bond acceptors (Lipinski definition) is 2. The maximum Gasteiger partial charge on any atom is 0.211 e. The van der Waals surface area contributed by atoms with E-state index in [1.54, 1.807) is 0 Å². The normalized spacial score (nSPS) is 13.4. The average molecular weight is 1430 g/mol. The van der Waals surface area contributed by atoms with Gasteiger partial charge in [-0.15, -0.1) is 0 Å². The van der Waals surface area contributed by atoms with E-state index in [9.17, 15) is 9.59 Å². The molecule has 22 rings (SSSR count). The van der Waals surface area contributed by atoms with E-state index in [4.69, 9.17) is 0 Å². The third kappa shape index (κ3) is 11.8. The van der Waals surface area contributed by atoms with E-state index >= 15 is 0 Å². The largest absolute Gasteiger partial charge is 0.290 e. The summed E-state index contributed by atoms with van der Waals surface area (Å²) in [5.41, 5.74) is 31.3. The average Bonchev–Trinajstić information content (AvgIpc) is 0.681. The second-order valence-electron chi connectivity index (χ2n) is 29.4. The molecule has 2 nitrogen and oxygen atoms in total. The van der Waals surface area contributed by atoms with Crippen molar-refractivity contribution >= 4 is 54.7 Å². The lowest BCUT2D eigenvalue weighted by Gasteiger charge is -2.41. The summed E-state index contributed by atoms with van der Waals surface area (Å²) < 4.78 is 0. The van der Waals surface area contributed by atoms with Crippen molar-refractivity contribution in [1.29, 1.82) is 0 Å². The summed E-state index contributed by atoms with van der Waals surface area (Å²) in [4.78, 5) is 29.2. The molecule has 0 fully saturated rings. The molecule has 3 aliphatic rings. The Morgan fingerprint density at radius 2 is 0.366 bits per heavy atom. The van der Waals surface area contributed by atoms with Crippen LogP contribution in [0.5, 0.6) is 0 Å². The minimum absolute atomic E-state index is 0.330. The molecule has 3 aliphatic carbocycles. The topological polar surface area (TPSA) is 34.1 Å². The number of benzene rings is 19. The Balaban J connectivity index is 0.000000146. The molecule has 0 aliphatic heterocycles. The van der Waals surface area contributed by atoms with Gasteiger partial charge in [-0.05, 0) is 235 Å². The molecule has 0 N–H and O–H groups in total. The maximum atomic E-state index is 14.6. The number of Topliss-reactive ketones (excluding diaryl/α,β-unsaturated/α-hetero) is 2. The van der Waals surface area contributed by atoms with Crippen LogP contribution < -0.4 is 0 Å². The van der Waals surface area contributed by atoms with Gasteiger partial charge in [-0.1, -0.05) is 388 Å². The third-order valence-corrected chi connectivity index (χ3v) is 23.1. The fourth-order valence-electron chi connectivity index (χ4n) is 18.0. The van der Waals surface area contributed by atoms with E-state index in [1.165, 1.54) is 99.1 Å². The van der Waals surface area contributed by atoms with E-state index in [0.717, 1.165) is 99.8 Å². The molecule has 2 unspecified atom stereocenters. The molecule has 19 aromatic carbocycles. The standard InChI is InChI=1S/C56H36O2.C54H36/c57-55-51-43-27-15-16-28-44(43)52(56(55)58)54-50(46-32-30-40(36-19-7-2-8-20-36)34-48(46)38-23-11-4-12-24-38)42-26-14-13-25-41(42)49(53(51)54)45-31-29-39(35-17-5-1-6-18-35)33-47(45)37-21-9-3-10-22-37;1-5-17-37(18-6-1)43-29-31-47(49(33-43)39-21-9-3-10-22-39)53-45-27-15-16-28-46(45)54(52-36-42-26-14-13-25-41(42)35-51(52)53)48-32-30-44(38-19-7-2-8-20-38)34-50(48)40-23-11-4-12-24-40/h1-34,51-52H;1-36H. The smallest absolute Gasteiger partial charge is 0.211 e. The molecule has 19 aromatic rings. The quantitative estimate of drug-likeness (QED) is 0.0902. The lowest BCUT2D eigenvalue weighted by Crippen LogP contribution is -2.41. The van der Waals surface area contributed by atoms with Gasteiger partial charge in [0.2, 0.25) is 11.6 Å². The summed E-state index contributed by atoms with van der Waals surface area (Å²) in [7, 11) is 0. The minimum atomic E-state index is -0.733. The lowest BCUT2D eigenvalue weighted by atomic mass is 9.58. The van der Waals surface area contributed by atoms with Crippen LogP contribution >= 0.6 is 0 Å². The summed E-state index contributed by atoms with van der Waals surface area (Å²) in [6, 6.07) is 152. The van der Waals surface area contributed by atoms with E-state index < -0.39 is 11.8 Å². The van der Waals surface area contributed by atoms with Gasteiger partial charge < -0.3 is 0 Å². The van der Waals surface area contributed by atoms with Crippen molar-refractivity contribution in [1.82, 2.24) is 0 Å². The fourth-order valence-corrected chi connectivity index (χ4v) is 18.0. The second-order valence-corrected chi connectivity index (χ2v) is 29.4. The van der Waals surface area contributed by atoms with Gasteiger partial charge in [-0.25, -0.2) is 0 Å². The van der Waals surface area contributed by atoms with Crippen LogP contribution in [0.2, 0.25) is 0 Å². The van der Waals surface area contributed by atoms with E-state index in [-0.39, 0.29) is 11.6 Å². The summed E-state index contributed by atoms with van der Waals surface area (Å²) >= 11 is 0. The predicted molar refractivity (Wildman–Crippen MR) is 468 cm³/mol. The van der Waals surface area contributed by atoms with Crippen LogP contribution in [-0.2, 0) is 9.59 Å². The third-order valence-electron chi connectivity index (χ3n) is 23.1. The van der Waals surface area contributed by atoms with Crippen LogP contribution in [0.15, 0.2) is 425 Å². The SMILES string of the molecule is O=C1C(=O)C2c3ccccc3C1c1c2c(-c2ccc(-c3ccccc3)cc2-c2ccccc2)c2ccccc2c1-c1ccc(-c2ccccc2)cc1-c1ccccc1.c1ccc(-c2ccc(-c3c4ccccc4c(-c4ccc(-c5ccccc5)cc4-c4ccccc4)c4cc5ccccc5cc34)c(-c3ccccc3)c2)cc1. The molecule has 2 heteroatoms. The number of hydrogen-bond donors (Lipinski definition) is 0. The molecular weight excluding hydrogens is 1350 g/mol. The van der Waals surface area contributed by atoms with Crippen LogP contribution in [-0.4, -0.2) is 11.6 Å². The van der Waals surface area contributed by atoms with Crippen molar-refractivity contribution in [2.75, 3.05) is 0 Å². The van der Waals surface area contributed by atoms with Crippen LogP contribution in [0.4, 0.5) is 0 Å². The highest BCUT2D eigenvalue weighted by Gasteiger charge is 2.52. The van der Waals surface area contributed by atoms with Crippen LogP contribution in [0, 0.1) is 0 Å². The molecule has 0 spiro atoms. The van der Waals surface area contributed by atoms with E-state index in [0.29, 0.717) is 0 Å². The van der Waals surface area contributed by atoms with Gasteiger partial charge in [0.05, 0.1) is 11.8 Å². The first kappa shape index (κ1) is 67.0.